The summed E-state index contributed by atoms with van der Waals surface area (Å²) in [6, 6.07) is 7.18. The van der Waals surface area contributed by atoms with Crippen molar-refractivity contribution in [3.8, 4) is 5.75 Å². The largest absolute Gasteiger partial charge is 0.491 e. The number of benzene rings is 1. The van der Waals surface area contributed by atoms with E-state index in [0.717, 1.165) is 30.6 Å². The Kier molecular flexibility index (Phi) is 7.06. The number of nitrogens with zero attached hydrogens (tertiary/aromatic N) is 1. The van der Waals surface area contributed by atoms with E-state index in [1.54, 1.807) is 24.3 Å². The monoisotopic (exact) mass is 334 g/mol. The Bertz CT molecular complexity index is 516. The Morgan fingerprint density at radius 1 is 1.38 bits per heavy atom. The summed E-state index contributed by atoms with van der Waals surface area (Å²) in [6.07, 6.45) is 2.01. The minimum absolute atomic E-state index is 0.0968. The van der Waals surface area contributed by atoms with Gasteiger partial charge in [0.2, 0.25) is 5.91 Å². The Hall–Kier alpha value is -1.59. The van der Waals surface area contributed by atoms with Gasteiger partial charge < -0.3 is 20.1 Å². The molecule has 0 saturated carbocycles. The van der Waals surface area contributed by atoms with Gasteiger partial charge in [0.25, 0.3) is 0 Å². The molecule has 2 N–H and O–H groups in total. The first-order valence-electron chi connectivity index (χ1n) is 8.83. The average molecular weight is 334 g/mol. The molecule has 134 valence electrons. The smallest absolute Gasteiger partial charge is 0.221 e. The molecular formula is C19H30N2O3. The second-order valence-electron chi connectivity index (χ2n) is 7.21. The highest BCUT2D eigenvalue weighted by Gasteiger charge is 2.24. The second kappa shape index (κ2) is 9.04. The number of carbonyl (C=O) groups excluding carboxylic acids is 1. The predicted molar refractivity (Wildman–Crippen MR) is 96.2 cm³/mol. The van der Waals surface area contributed by atoms with Crippen LogP contribution in [0.1, 0.15) is 33.6 Å². The molecule has 1 fully saturated rings. The van der Waals surface area contributed by atoms with Crippen LogP contribution in [0.5, 0.6) is 5.75 Å². The van der Waals surface area contributed by atoms with Gasteiger partial charge in [0.1, 0.15) is 18.5 Å². The molecule has 0 radical (unpaired) electrons. The van der Waals surface area contributed by atoms with Crippen molar-refractivity contribution in [2.24, 2.45) is 11.8 Å². The standard InChI is InChI=1S/C19H30N2O3/c1-14(2)10-16-8-9-21(11-16)12-18(23)13-24-19-6-4-17(5-7-19)20-15(3)22/h4-7,14,16,18,23H,8-13H2,1-3H3,(H,20,22). The number of carbonyl (C=O) groups is 1. The van der Waals surface area contributed by atoms with Crippen LogP contribution in [0.25, 0.3) is 0 Å². The van der Waals surface area contributed by atoms with Crippen LogP contribution in [0.2, 0.25) is 0 Å². The van der Waals surface area contributed by atoms with Crippen LogP contribution in [0.15, 0.2) is 24.3 Å². The van der Waals surface area contributed by atoms with E-state index in [4.69, 9.17) is 4.74 Å². The third kappa shape index (κ3) is 6.49. The summed E-state index contributed by atoms with van der Waals surface area (Å²) in [5.74, 6) is 2.10. The Morgan fingerprint density at radius 2 is 2.08 bits per heavy atom. The van der Waals surface area contributed by atoms with Gasteiger partial charge in [-0.05, 0) is 55.5 Å². The van der Waals surface area contributed by atoms with Crippen LogP contribution in [0.4, 0.5) is 5.69 Å². The summed E-state index contributed by atoms with van der Waals surface area (Å²) >= 11 is 0. The van der Waals surface area contributed by atoms with E-state index >= 15 is 0 Å². The number of ether oxygens (including phenoxy) is 1. The predicted octanol–water partition coefficient (Wildman–Crippen LogP) is 2.75. The fourth-order valence-corrected chi connectivity index (χ4v) is 3.32. The topological polar surface area (TPSA) is 61.8 Å². The number of β-amino-alcohol motifs (C(OH)–C–C–N with tert-alkyl or cyclic N) is 1. The maximum Gasteiger partial charge on any atom is 0.221 e. The summed E-state index contributed by atoms with van der Waals surface area (Å²) in [4.78, 5) is 13.3. The molecule has 1 amide bonds. The molecule has 1 aliphatic heterocycles. The fourth-order valence-electron chi connectivity index (χ4n) is 3.32. The molecule has 0 bridgehead atoms. The normalized spacial score (nSPS) is 19.5. The molecule has 2 rings (SSSR count). The number of aliphatic hydroxyl groups excluding tert-OH is 1. The zero-order valence-corrected chi connectivity index (χ0v) is 15.0. The molecule has 0 aromatic heterocycles. The van der Waals surface area contributed by atoms with E-state index in [-0.39, 0.29) is 12.5 Å². The lowest BCUT2D eigenvalue weighted by molar-refractivity contribution is -0.114. The van der Waals surface area contributed by atoms with E-state index in [1.807, 2.05) is 0 Å². The van der Waals surface area contributed by atoms with Crippen LogP contribution in [0.3, 0.4) is 0 Å². The minimum Gasteiger partial charge on any atom is -0.491 e. The number of amides is 1. The van der Waals surface area contributed by atoms with Gasteiger partial charge in [0, 0.05) is 25.7 Å². The van der Waals surface area contributed by atoms with Crippen molar-refractivity contribution in [3.63, 3.8) is 0 Å². The van der Waals surface area contributed by atoms with Crippen molar-refractivity contribution in [1.82, 2.24) is 4.90 Å². The maximum atomic E-state index is 11.0. The molecule has 24 heavy (non-hydrogen) atoms. The van der Waals surface area contributed by atoms with Gasteiger partial charge in [-0.15, -0.1) is 0 Å². The SMILES string of the molecule is CC(=O)Nc1ccc(OCC(O)CN2CCC(CC(C)C)C2)cc1. The van der Waals surface area contributed by atoms with E-state index in [1.165, 1.54) is 19.8 Å². The molecule has 1 heterocycles. The maximum absolute atomic E-state index is 11.0. The lowest BCUT2D eigenvalue weighted by Crippen LogP contribution is -2.34. The van der Waals surface area contributed by atoms with Gasteiger partial charge in [-0.2, -0.15) is 0 Å². The molecule has 1 aliphatic rings. The first-order valence-corrected chi connectivity index (χ1v) is 8.83. The highest BCUT2D eigenvalue weighted by Crippen LogP contribution is 2.23. The number of hydrogen-bond donors (Lipinski definition) is 2. The first-order chi connectivity index (χ1) is 11.4. The Labute approximate surface area is 145 Å². The zero-order valence-electron chi connectivity index (χ0n) is 15.0. The summed E-state index contributed by atoms with van der Waals surface area (Å²) in [5.41, 5.74) is 0.739. The quantitative estimate of drug-likeness (QED) is 0.767. The first kappa shape index (κ1) is 18.7. The number of anilines is 1. The van der Waals surface area contributed by atoms with Crippen LogP contribution >= 0.6 is 0 Å². The highest BCUT2D eigenvalue weighted by atomic mass is 16.5. The fraction of sp³-hybridized carbons (Fsp3) is 0.632. The van der Waals surface area contributed by atoms with Crippen molar-refractivity contribution in [2.45, 2.75) is 39.7 Å². The van der Waals surface area contributed by atoms with E-state index in [0.29, 0.717) is 12.3 Å². The molecular weight excluding hydrogens is 304 g/mol. The molecule has 5 nitrogen and oxygen atoms in total. The van der Waals surface area contributed by atoms with Gasteiger partial charge in [0.05, 0.1) is 0 Å². The lowest BCUT2D eigenvalue weighted by atomic mass is 9.97. The molecule has 2 atom stereocenters. The van der Waals surface area contributed by atoms with Gasteiger partial charge in [-0.1, -0.05) is 13.8 Å². The number of hydrogen-bond acceptors (Lipinski definition) is 4. The van der Waals surface area contributed by atoms with Crippen molar-refractivity contribution < 1.29 is 14.6 Å². The summed E-state index contributed by atoms with van der Waals surface area (Å²) in [5, 5.41) is 12.9. The minimum atomic E-state index is -0.488. The third-order valence-corrected chi connectivity index (χ3v) is 4.26. The second-order valence-corrected chi connectivity index (χ2v) is 7.21. The number of nitrogens with one attached hydrogen (secondary N) is 1. The number of likely N-dealkylation sites (tertiary alicyclic amines) is 1. The molecule has 2 unspecified atom stereocenters. The van der Waals surface area contributed by atoms with Crippen LogP contribution in [0, 0.1) is 11.8 Å². The molecule has 1 saturated heterocycles. The van der Waals surface area contributed by atoms with Crippen LogP contribution in [-0.2, 0) is 4.79 Å². The van der Waals surface area contributed by atoms with Gasteiger partial charge in [-0.25, -0.2) is 0 Å². The summed E-state index contributed by atoms with van der Waals surface area (Å²) in [6.45, 7) is 9.11. The number of aliphatic hydroxyl groups is 1. The molecule has 5 heteroatoms. The van der Waals surface area contributed by atoms with Crippen LogP contribution < -0.4 is 10.1 Å². The lowest BCUT2D eigenvalue weighted by Gasteiger charge is -2.21. The van der Waals surface area contributed by atoms with E-state index in [2.05, 4.69) is 24.1 Å². The third-order valence-electron chi connectivity index (χ3n) is 4.26. The van der Waals surface area contributed by atoms with Gasteiger partial charge in [0.15, 0.2) is 0 Å². The molecule has 0 spiro atoms. The molecule has 1 aromatic carbocycles. The van der Waals surface area contributed by atoms with E-state index in [9.17, 15) is 9.90 Å². The average Bonchev–Trinajstić information content (AvgIpc) is 2.92. The Balaban J connectivity index is 1.69. The van der Waals surface area contributed by atoms with Crippen LogP contribution in [-0.4, -0.2) is 48.3 Å². The van der Waals surface area contributed by atoms with Crippen molar-refractivity contribution >= 4 is 11.6 Å². The van der Waals surface area contributed by atoms with Gasteiger partial charge >= 0.3 is 0 Å². The summed E-state index contributed by atoms with van der Waals surface area (Å²) < 4.78 is 5.64. The van der Waals surface area contributed by atoms with E-state index < -0.39 is 6.10 Å². The van der Waals surface area contributed by atoms with Crippen molar-refractivity contribution in [1.29, 1.82) is 0 Å². The van der Waals surface area contributed by atoms with Crippen molar-refractivity contribution in [3.05, 3.63) is 24.3 Å². The van der Waals surface area contributed by atoms with Gasteiger partial charge in [-0.3, -0.25) is 4.79 Å². The Morgan fingerprint density at radius 3 is 2.71 bits per heavy atom. The number of rotatable bonds is 8. The molecule has 1 aromatic rings. The zero-order chi connectivity index (χ0) is 17.5. The molecule has 0 aliphatic carbocycles. The highest BCUT2D eigenvalue weighted by molar-refractivity contribution is 5.88. The summed E-state index contributed by atoms with van der Waals surface area (Å²) in [7, 11) is 0. The van der Waals surface area contributed by atoms with Crippen molar-refractivity contribution in [2.75, 3.05) is 31.6 Å².